The molecule has 0 radical (unpaired) electrons. The summed E-state index contributed by atoms with van der Waals surface area (Å²) in [4.78, 5) is 26.3. The summed E-state index contributed by atoms with van der Waals surface area (Å²) in [6, 6.07) is 30.6. The Hall–Kier alpha value is -3.32. The van der Waals surface area contributed by atoms with Crippen molar-refractivity contribution in [2.45, 2.75) is 58.8 Å². The Kier molecular flexibility index (Phi) is 11.8. The van der Waals surface area contributed by atoms with E-state index in [1.807, 2.05) is 66.7 Å². The highest BCUT2D eigenvalue weighted by atomic mass is 28.4. The van der Waals surface area contributed by atoms with Crippen LogP contribution in [0.4, 0.5) is 0 Å². The number of hydrogen-bond acceptors (Lipinski definition) is 5. The summed E-state index contributed by atoms with van der Waals surface area (Å²) in [5, 5.41) is 2.07. The maximum absolute atomic E-state index is 13.5. The quantitative estimate of drug-likeness (QED) is 0.0723. The topological polar surface area (TPSA) is 61.8 Å². The fourth-order valence-electron chi connectivity index (χ4n) is 5.27. The van der Waals surface area contributed by atoms with Gasteiger partial charge >= 0.3 is 5.97 Å². The van der Waals surface area contributed by atoms with Gasteiger partial charge in [0.25, 0.3) is 8.32 Å². The van der Waals surface area contributed by atoms with E-state index in [1.165, 1.54) is 0 Å². The van der Waals surface area contributed by atoms with Crippen molar-refractivity contribution in [2.24, 2.45) is 11.8 Å². The van der Waals surface area contributed by atoms with Crippen LogP contribution >= 0.6 is 0 Å². The molecule has 41 heavy (non-hydrogen) atoms. The maximum atomic E-state index is 13.5. The van der Waals surface area contributed by atoms with E-state index in [0.717, 1.165) is 15.9 Å². The molecule has 6 heteroatoms. The zero-order chi connectivity index (χ0) is 29.9. The molecule has 0 aromatic heterocycles. The number of hydrogen-bond donors (Lipinski definition) is 0. The highest BCUT2D eigenvalue weighted by Crippen LogP contribution is 2.37. The number of esters is 1. The first-order valence-electron chi connectivity index (χ1n) is 14.3. The van der Waals surface area contributed by atoms with E-state index in [-0.39, 0.29) is 11.6 Å². The Morgan fingerprint density at radius 2 is 1.37 bits per heavy atom. The molecule has 0 saturated heterocycles. The maximum Gasteiger partial charge on any atom is 0.375 e. The van der Waals surface area contributed by atoms with Gasteiger partial charge in [0.15, 0.2) is 0 Å². The van der Waals surface area contributed by atoms with Crippen molar-refractivity contribution >= 4 is 30.4 Å². The van der Waals surface area contributed by atoms with E-state index >= 15 is 0 Å². The fraction of sp³-hybridized carbons (Fsp3) is 0.371. The minimum Gasteiger partial charge on any atom is -0.457 e. The first kappa shape index (κ1) is 32.2. The summed E-state index contributed by atoms with van der Waals surface area (Å²) in [5.41, 5.74) is 1.05. The summed E-state index contributed by atoms with van der Waals surface area (Å²) in [6.45, 7) is 15.1. The normalized spacial score (nSPS) is 13.4. The molecule has 2 atom stereocenters. The lowest BCUT2D eigenvalue weighted by Crippen LogP contribution is -2.67. The van der Waals surface area contributed by atoms with Crippen LogP contribution in [0.25, 0.3) is 0 Å². The first-order chi connectivity index (χ1) is 19.6. The standard InChI is InChI=1S/C35H44O5Si/c1-7-29(32(33(36)34(37)40-27(2)3)23-24-38-25-28-17-11-8-12-18-28)26-39-41(35(4,5)6,30-19-13-9-14-20-30)31-21-15-10-16-22-31/h7-22,27,29,32H,1,23-26H2,2-6H3/t29-,32+/m0/s1. The molecule has 0 aliphatic carbocycles. The molecular weight excluding hydrogens is 528 g/mol. The van der Waals surface area contributed by atoms with Crippen LogP contribution in [0.1, 0.15) is 46.6 Å². The number of carbonyl (C=O) groups excluding carboxylic acids is 2. The van der Waals surface area contributed by atoms with Crippen LogP contribution in [0.3, 0.4) is 0 Å². The number of Topliss-reactive ketones (excluding diaryl/α,β-unsaturated/α-hetero) is 1. The largest absolute Gasteiger partial charge is 0.457 e. The molecule has 0 unspecified atom stereocenters. The van der Waals surface area contributed by atoms with Gasteiger partial charge in [0.1, 0.15) is 0 Å². The molecule has 0 aliphatic rings. The summed E-state index contributed by atoms with van der Waals surface area (Å²) >= 11 is 0. The van der Waals surface area contributed by atoms with E-state index < -0.39 is 38.0 Å². The molecule has 3 rings (SSSR count). The van der Waals surface area contributed by atoms with Crippen LogP contribution < -0.4 is 10.4 Å². The SMILES string of the molecule is C=C[C@@H](CO[Si](c1ccccc1)(c1ccccc1)C(C)(C)C)[C@@H](CCOCc1ccccc1)C(=O)C(=O)OC(C)C. The lowest BCUT2D eigenvalue weighted by Gasteiger charge is -2.44. The van der Waals surface area contributed by atoms with E-state index in [9.17, 15) is 9.59 Å². The molecule has 0 aliphatic heterocycles. The van der Waals surface area contributed by atoms with Crippen LogP contribution in [0, 0.1) is 11.8 Å². The Morgan fingerprint density at radius 1 is 0.854 bits per heavy atom. The summed E-state index contributed by atoms with van der Waals surface area (Å²) in [6.07, 6.45) is 1.69. The average molecular weight is 573 g/mol. The second-order valence-electron chi connectivity index (χ2n) is 11.6. The third kappa shape index (κ3) is 8.35. The minimum absolute atomic E-state index is 0.226. The van der Waals surface area contributed by atoms with Crippen molar-refractivity contribution in [3.8, 4) is 0 Å². The molecule has 0 heterocycles. The van der Waals surface area contributed by atoms with Gasteiger partial charge in [-0.05, 0) is 41.2 Å². The Labute approximate surface area is 246 Å². The molecule has 218 valence electrons. The van der Waals surface area contributed by atoms with Crippen LogP contribution in [0.2, 0.25) is 5.04 Å². The molecule has 0 N–H and O–H groups in total. The second-order valence-corrected chi connectivity index (χ2v) is 15.9. The third-order valence-electron chi connectivity index (χ3n) is 7.29. The number of rotatable bonds is 15. The van der Waals surface area contributed by atoms with Crippen LogP contribution in [-0.2, 0) is 30.1 Å². The Balaban J connectivity index is 1.91. The molecule has 0 fully saturated rings. The predicted molar refractivity (Wildman–Crippen MR) is 168 cm³/mol. The van der Waals surface area contributed by atoms with E-state index in [1.54, 1.807) is 19.9 Å². The van der Waals surface area contributed by atoms with E-state index in [4.69, 9.17) is 13.9 Å². The summed E-state index contributed by atoms with van der Waals surface area (Å²) in [7, 11) is -2.85. The number of ether oxygens (including phenoxy) is 2. The van der Waals surface area contributed by atoms with Gasteiger partial charge in [-0.3, -0.25) is 4.79 Å². The zero-order valence-corrected chi connectivity index (χ0v) is 26.0. The van der Waals surface area contributed by atoms with Crippen molar-refractivity contribution in [3.63, 3.8) is 0 Å². The fourth-order valence-corrected chi connectivity index (χ4v) is 9.87. The molecular formula is C35H44O5Si. The van der Waals surface area contributed by atoms with Gasteiger partial charge in [0.2, 0.25) is 5.78 Å². The summed E-state index contributed by atoms with van der Waals surface area (Å²) in [5.74, 6) is -2.50. The van der Waals surface area contributed by atoms with Gasteiger partial charge in [0, 0.05) is 25.0 Å². The van der Waals surface area contributed by atoms with E-state index in [0.29, 0.717) is 19.6 Å². The van der Waals surface area contributed by atoms with Gasteiger partial charge < -0.3 is 13.9 Å². The third-order valence-corrected chi connectivity index (χ3v) is 12.3. The monoisotopic (exact) mass is 572 g/mol. The minimum atomic E-state index is -2.85. The predicted octanol–water partition coefficient (Wildman–Crippen LogP) is 6.11. The van der Waals surface area contributed by atoms with Gasteiger partial charge in [-0.25, -0.2) is 4.79 Å². The lowest BCUT2D eigenvalue weighted by atomic mass is 9.86. The van der Waals surface area contributed by atoms with Crippen LogP contribution in [0.15, 0.2) is 104 Å². The molecule has 3 aromatic carbocycles. The van der Waals surface area contributed by atoms with Gasteiger partial charge in [0.05, 0.1) is 12.7 Å². The molecule has 3 aromatic rings. The van der Waals surface area contributed by atoms with Gasteiger partial charge in [-0.15, -0.1) is 6.58 Å². The van der Waals surface area contributed by atoms with Crippen molar-refractivity contribution in [1.29, 1.82) is 0 Å². The highest BCUT2D eigenvalue weighted by Gasteiger charge is 2.50. The number of benzene rings is 3. The highest BCUT2D eigenvalue weighted by molar-refractivity contribution is 6.99. The average Bonchev–Trinajstić information content (AvgIpc) is 2.96. The van der Waals surface area contributed by atoms with E-state index in [2.05, 4.69) is 51.6 Å². The number of carbonyl (C=O) groups is 2. The molecule has 0 amide bonds. The number of ketones is 1. The molecule has 5 nitrogen and oxygen atoms in total. The van der Waals surface area contributed by atoms with Gasteiger partial charge in [-0.2, -0.15) is 0 Å². The smallest absolute Gasteiger partial charge is 0.375 e. The van der Waals surface area contributed by atoms with Crippen LogP contribution in [-0.4, -0.2) is 39.4 Å². The van der Waals surface area contributed by atoms with Crippen molar-refractivity contribution in [1.82, 2.24) is 0 Å². The Bertz CT molecular complexity index is 1200. The van der Waals surface area contributed by atoms with Crippen molar-refractivity contribution in [2.75, 3.05) is 13.2 Å². The molecule has 0 spiro atoms. The van der Waals surface area contributed by atoms with Crippen LogP contribution in [0.5, 0.6) is 0 Å². The lowest BCUT2D eigenvalue weighted by molar-refractivity contribution is -0.159. The second kappa shape index (κ2) is 15.1. The molecule has 0 bridgehead atoms. The zero-order valence-electron chi connectivity index (χ0n) is 25.0. The first-order valence-corrected chi connectivity index (χ1v) is 16.2. The van der Waals surface area contributed by atoms with Gasteiger partial charge in [-0.1, -0.05) is 118 Å². The summed E-state index contributed by atoms with van der Waals surface area (Å²) < 4.78 is 18.3. The van der Waals surface area contributed by atoms with Crippen molar-refractivity contribution < 1.29 is 23.5 Å². The van der Waals surface area contributed by atoms with Crippen molar-refractivity contribution in [3.05, 3.63) is 109 Å². The Morgan fingerprint density at radius 3 is 1.83 bits per heavy atom. The molecule has 0 saturated carbocycles.